The lowest BCUT2D eigenvalue weighted by Gasteiger charge is -2.23. The molecule has 2 aromatic rings. The van der Waals surface area contributed by atoms with Crippen LogP contribution < -0.4 is 14.2 Å². The van der Waals surface area contributed by atoms with Crippen LogP contribution in [0.3, 0.4) is 0 Å². The van der Waals surface area contributed by atoms with Crippen molar-refractivity contribution in [2.45, 2.75) is 20.4 Å². The summed E-state index contributed by atoms with van der Waals surface area (Å²) in [5.74, 6) is 2.01. The Labute approximate surface area is 165 Å². The Morgan fingerprint density at radius 2 is 1.71 bits per heavy atom. The van der Waals surface area contributed by atoms with Gasteiger partial charge in [0.15, 0.2) is 17.3 Å². The smallest absolute Gasteiger partial charge is 0.225 e. The lowest BCUT2D eigenvalue weighted by molar-refractivity contribution is -0.135. The number of aromatic nitrogens is 1. The lowest BCUT2D eigenvalue weighted by Crippen LogP contribution is -2.36. The van der Waals surface area contributed by atoms with Crippen LogP contribution in [0, 0.1) is 5.92 Å². The van der Waals surface area contributed by atoms with Gasteiger partial charge in [-0.25, -0.2) is 0 Å². The van der Waals surface area contributed by atoms with Gasteiger partial charge >= 0.3 is 0 Å². The van der Waals surface area contributed by atoms with Crippen LogP contribution in [0.2, 0.25) is 0 Å². The fraction of sp³-hybridized carbons (Fsp3) is 0.500. The molecule has 154 valence electrons. The normalized spacial score (nSPS) is 10.8. The average Bonchev–Trinajstić information content (AvgIpc) is 3.17. The second-order valence-electron chi connectivity index (χ2n) is 6.50. The molecule has 0 aliphatic rings. The minimum atomic E-state index is -0.113. The zero-order valence-electron chi connectivity index (χ0n) is 17.3. The van der Waals surface area contributed by atoms with Gasteiger partial charge in [0.05, 0.1) is 34.5 Å². The van der Waals surface area contributed by atoms with Gasteiger partial charge in [-0.1, -0.05) is 19.0 Å². The maximum Gasteiger partial charge on any atom is 0.225 e. The Balaban J connectivity index is 2.28. The Hall–Kier alpha value is -2.74. The Bertz CT molecular complexity index is 762. The molecule has 1 aromatic heterocycles. The number of methoxy groups -OCH3 is 4. The molecule has 1 heterocycles. The Kier molecular flexibility index (Phi) is 7.69. The van der Waals surface area contributed by atoms with E-state index in [0.717, 1.165) is 5.56 Å². The molecule has 0 saturated carbocycles. The summed E-state index contributed by atoms with van der Waals surface area (Å²) in [7, 11) is 6.26. The topological polar surface area (TPSA) is 83.3 Å². The van der Waals surface area contributed by atoms with Gasteiger partial charge in [-0.3, -0.25) is 4.79 Å². The van der Waals surface area contributed by atoms with Crippen LogP contribution in [0.4, 0.5) is 0 Å². The second kappa shape index (κ2) is 9.98. The van der Waals surface area contributed by atoms with Gasteiger partial charge in [-0.05, 0) is 12.1 Å². The maximum atomic E-state index is 12.4. The fourth-order valence-corrected chi connectivity index (χ4v) is 2.78. The van der Waals surface area contributed by atoms with Gasteiger partial charge in [-0.15, -0.1) is 0 Å². The second-order valence-corrected chi connectivity index (χ2v) is 6.50. The van der Waals surface area contributed by atoms with Crippen molar-refractivity contribution in [3.8, 4) is 28.6 Å². The average molecular weight is 392 g/mol. The van der Waals surface area contributed by atoms with E-state index in [1.54, 1.807) is 51.5 Å². The molecule has 1 amide bonds. The maximum absolute atomic E-state index is 12.4. The number of ether oxygens (including phenoxy) is 4. The van der Waals surface area contributed by atoms with Crippen molar-refractivity contribution in [3.05, 3.63) is 23.9 Å². The molecule has 0 atom stereocenters. The molecule has 0 fully saturated rings. The minimum Gasteiger partial charge on any atom is -0.493 e. The van der Waals surface area contributed by atoms with Gasteiger partial charge < -0.3 is 28.4 Å². The van der Waals surface area contributed by atoms with Crippen LogP contribution in [-0.4, -0.2) is 57.6 Å². The molecule has 0 radical (unpaired) electrons. The van der Waals surface area contributed by atoms with E-state index >= 15 is 0 Å². The molecular weight excluding hydrogens is 364 g/mol. The Morgan fingerprint density at radius 1 is 1.07 bits per heavy atom. The zero-order chi connectivity index (χ0) is 20.7. The van der Waals surface area contributed by atoms with Gasteiger partial charge in [0.2, 0.25) is 11.7 Å². The highest BCUT2D eigenvalue weighted by Gasteiger charge is 2.20. The summed E-state index contributed by atoms with van der Waals surface area (Å²) in [6, 6.07) is 5.37. The first kappa shape index (κ1) is 21.6. The highest BCUT2D eigenvalue weighted by atomic mass is 16.5. The third-order valence-electron chi connectivity index (χ3n) is 4.23. The number of hydrogen-bond donors (Lipinski definition) is 0. The monoisotopic (exact) mass is 392 g/mol. The summed E-state index contributed by atoms with van der Waals surface area (Å²) < 4.78 is 26.7. The number of amides is 1. The standard InChI is InChI=1S/C20H28N2O6/c1-13(2)20(23)22(7-8-24-3)12-15-11-16(28-21-15)14-9-17(25-4)19(27-6)18(10-14)26-5/h9-11,13H,7-8,12H2,1-6H3. The Morgan fingerprint density at radius 3 is 2.21 bits per heavy atom. The van der Waals surface area contributed by atoms with Crippen molar-refractivity contribution in [2.24, 2.45) is 5.92 Å². The largest absolute Gasteiger partial charge is 0.493 e. The first-order valence-corrected chi connectivity index (χ1v) is 8.98. The van der Waals surface area contributed by atoms with E-state index < -0.39 is 0 Å². The summed E-state index contributed by atoms with van der Waals surface area (Å²) in [5.41, 5.74) is 1.38. The number of carbonyl (C=O) groups excluding carboxylic acids is 1. The van der Waals surface area contributed by atoms with Crippen LogP contribution in [0.5, 0.6) is 17.2 Å². The van der Waals surface area contributed by atoms with Crippen LogP contribution in [0.15, 0.2) is 22.7 Å². The van der Waals surface area contributed by atoms with Gasteiger partial charge in [0.25, 0.3) is 0 Å². The molecule has 0 bridgehead atoms. The summed E-state index contributed by atoms with van der Waals surface area (Å²) >= 11 is 0. The van der Waals surface area contributed by atoms with E-state index in [4.69, 9.17) is 23.5 Å². The molecule has 28 heavy (non-hydrogen) atoms. The van der Waals surface area contributed by atoms with Crippen LogP contribution in [-0.2, 0) is 16.1 Å². The van der Waals surface area contributed by atoms with Gasteiger partial charge in [0.1, 0.15) is 5.69 Å². The number of hydrogen-bond acceptors (Lipinski definition) is 7. The minimum absolute atomic E-state index is 0.0365. The summed E-state index contributed by atoms with van der Waals surface area (Å²) in [5, 5.41) is 4.11. The first-order chi connectivity index (χ1) is 13.4. The molecule has 8 heteroatoms. The van der Waals surface area contributed by atoms with Crippen molar-refractivity contribution in [1.82, 2.24) is 10.1 Å². The molecule has 2 rings (SSSR count). The molecule has 8 nitrogen and oxygen atoms in total. The molecular formula is C20H28N2O6. The van der Waals surface area contributed by atoms with E-state index in [2.05, 4.69) is 5.16 Å². The number of rotatable bonds is 10. The zero-order valence-corrected chi connectivity index (χ0v) is 17.3. The van der Waals surface area contributed by atoms with E-state index in [1.807, 2.05) is 13.8 Å². The van der Waals surface area contributed by atoms with E-state index in [9.17, 15) is 4.79 Å². The molecule has 0 unspecified atom stereocenters. The van der Waals surface area contributed by atoms with Crippen LogP contribution in [0.25, 0.3) is 11.3 Å². The van der Waals surface area contributed by atoms with E-state index in [-0.39, 0.29) is 11.8 Å². The van der Waals surface area contributed by atoms with Crippen molar-refractivity contribution >= 4 is 5.91 Å². The van der Waals surface area contributed by atoms with Gasteiger partial charge in [-0.2, -0.15) is 0 Å². The summed E-state index contributed by atoms with van der Waals surface area (Å²) in [6.07, 6.45) is 0. The quantitative estimate of drug-likeness (QED) is 0.615. The third-order valence-corrected chi connectivity index (χ3v) is 4.23. The predicted molar refractivity (Wildman–Crippen MR) is 104 cm³/mol. The first-order valence-electron chi connectivity index (χ1n) is 8.98. The number of carbonyl (C=O) groups is 1. The van der Waals surface area contributed by atoms with Crippen molar-refractivity contribution < 1.29 is 28.3 Å². The molecule has 0 saturated heterocycles. The highest BCUT2D eigenvalue weighted by Crippen LogP contribution is 2.41. The summed E-state index contributed by atoms with van der Waals surface area (Å²) in [6.45, 7) is 5.02. The van der Waals surface area contributed by atoms with Crippen LogP contribution >= 0.6 is 0 Å². The molecule has 0 N–H and O–H groups in total. The molecule has 0 spiro atoms. The van der Waals surface area contributed by atoms with Crippen molar-refractivity contribution in [1.29, 1.82) is 0 Å². The number of nitrogens with zero attached hydrogens (tertiary/aromatic N) is 2. The summed E-state index contributed by atoms with van der Waals surface area (Å²) in [4.78, 5) is 14.1. The molecule has 0 aliphatic carbocycles. The van der Waals surface area contributed by atoms with Crippen molar-refractivity contribution in [3.63, 3.8) is 0 Å². The van der Waals surface area contributed by atoms with Crippen molar-refractivity contribution in [2.75, 3.05) is 41.6 Å². The fourth-order valence-electron chi connectivity index (χ4n) is 2.78. The van der Waals surface area contributed by atoms with Gasteiger partial charge in [0, 0.05) is 31.2 Å². The molecule has 1 aromatic carbocycles. The lowest BCUT2D eigenvalue weighted by atomic mass is 10.1. The predicted octanol–water partition coefficient (Wildman–Crippen LogP) is 3.00. The van der Waals surface area contributed by atoms with E-state index in [1.165, 1.54) is 0 Å². The number of benzene rings is 1. The van der Waals surface area contributed by atoms with E-state index in [0.29, 0.717) is 48.4 Å². The SMILES string of the molecule is COCCN(Cc1cc(-c2cc(OC)c(OC)c(OC)c2)on1)C(=O)C(C)C. The molecule has 0 aliphatic heterocycles. The highest BCUT2D eigenvalue weighted by molar-refractivity contribution is 5.78. The van der Waals surface area contributed by atoms with Crippen LogP contribution in [0.1, 0.15) is 19.5 Å². The third kappa shape index (κ3) is 4.95.